The fourth-order valence-corrected chi connectivity index (χ4v) is 2.68. The Kier molecular flexibility index (Phi) is 5.49. The molecular formula is C15H22N2O3. The van der Waals surface area contributed by atoms with Crippen molar-refractivity contribution in [1.82, 2.24) is 5.32 Å². The van der Waals surface area contributed by atoms with Gasteiger partial charge in [-0.1, -0.05) is 19.1 Å². The Hall–Kier alpha value is -1.46. The first kappa shape index (κ1) is 14.9. The van der Waals surface area contributed by atoms with Crippen molar-refractivity contribution < 1.29 is 9.66 Å². The average Bonchev–Trinajstić information content (AvgIpc) is 2.91. The minimum Gasteiger partial charge on any atom is -0.378 e. The highest BCUT2D eigenvalue weighted by atomic mass is 16.6. The van der Waals surface area contributed by atoms with Crippen LogP contribution in [0.15, 0.2) is 24.3 Å². The molecule has 2 unspecified atom stereocenters. The molecule has 110 valence electrons. The molecule has 0 radical (unpaired) electrons. The molecule has 2 atom stereocenters. The van der Waals surface area contributed by atoms with Crippen molar-refractivity contribution in [3.63, 3.8) is 0 Å². The Morgan fingerprint density at radius 1 is 1.40 bits per heavy atom. The molecule has 1 fully saturated rings. The molecule has 1 aliphatic rings. The number of hydrogen-bond donors (Lipinski definition) is 1. The van der Waals surface area contributed by atoms with Crippen LogP contribution in [0.25, 0.3) is 0 Å². The van der Waals surface area contributed by atoms with Gasteiger partial charge in [0.1, 0.15) is 0 Å². The second kappa shape index (κ2) is 7.36. The molecule has 1 saturated heterocycles. The van der Waals surface area contributed by atoms with E-state index in [9.17, 15) is 10.1 Å². The van der Waals surface area contributed by atoms with Crippen molar-refractivity contribution in [2.75, 3.05) is 19.7 Å². The van der Waals surface area contributed by atoms with E-state index < -0.39 is 0 Å². The fraction of sp³-hybridized carbons (Fsp3) is 0.600. The van der Waals surface area contributed by atoms with E-state index in [1.54, 1.807) is 12.1 Å². The smallest absolute Gasteiger partial charge is 0.269 e. The molecule has 0 amide bonds. The number of nitrogens with one attached hydrogen (secondary N) is 1. The van der Waals surface area contributed by atoms with Crippen LogP contribution in [0.2, 0.25) is 0 Å². The number of ether oxygens (including phenoxy) is 1. The highest BCUT2D eigenvalue weighted by Gasteiger charge is 2.25. The van der Waals surface area contributed by atoms with Crippen molar-refractivity contribution >= 4 is 5.69 Å². The number of non-ortho nitro benzene ring substituents is 1. The lowest BCUT2D eigenvalue weighted by Crippen LogP contribution is -2.29. The predicted octanol–water partition coefficient (Wildman–Crippen LogP) is 2.54. The molecule has 5 heteroatoms. The van der Waals surface area contributed by atoms with Crippen LogP contribution in [0.4, 0.5) is 5.69 Å². The molecule has 1 heterocycles. The van der Waals surface area contributed by atoms with Crippen molar-refractivity contribution in [1.29, 1.82) is 0 Å². The molecule has 0 aromatic heterocycles. The van der Waals surface area contributed by atoms with E-state index in [-0.39, 0.29) is 10.6 Å². The Balaban J connectivity index is 1.69. The van der Waals surface area contributed by atoms with Gasteiger partial charge in [0, 0.05) is 25.3 Å². The van der Waals surface area contributed by atoms with E-state index in [0.29, 0.717) is 12.0 Å². The predicted molar refractivity (Wildman–Crippen MR) is 77.8 cm³/mol. The van der Waals surface area contributed by atoms with Gasteiger partial charge in [0.2, 0.25) is 0 Å². The summed E-state index contributed by atoms with van der Waals surface area (Å²) in [6, 6.07) is 6.78. The third-order valence-corrected chi connectivity index (χ3v) is 3.89. The number of rotatable bonds is 7. The first-order chi connectivity index (χ1) is 9.70. The van der Waals surface area contributed by atoms with E-state index in [1.165, 1.54) is 0 Å². The lowest BCUT2D eigenvalue weighted by molar-refractivity contribution is -0.384. The molecule has 1 N–H and O–H groups in total. The minimum absolute atomic E-state index is 0.149. The Morgan fingerprint density at radius 3 is 2.80 bits per heavy atom. The molecule has 1 aromatic carbocycles. The summed E-state index contributed by atoms with van der Waals surface area (Å²) < 4.78 is 5.66. The van der Waals surface area contributed by atoms with E-state index >= 15 is 0 Å². The molecule has 2 rings (SSSR count). The van der Waals surface area contributed by atoms with Crippen molar-refractivity contribution in [3.8, 4) is 0 Å². The summed E-state index contributed by atoms with van der Waals surface area (Å²) >= 11 is 0. The molecule has 0 saturated carbocycles. The summed E-state index contributed by atoms with van der Waals surface area (Å²) in [5, 5.41) is 14.0. The molecule has 1 aromatic rings. The van der Waals surface area contributed by atoms with Gasteiger partial charge in [-0.25, -0.2) is 0 Å². The number of nitro groups is 1. The van der Waals surface area contributed by atoms with Crippen LogP contribution in [-0.4, -0.2) is 30.7 Å². The highest BCUT2D eigenvalue weighted by Crippen LogP contribution is 2.22. The first-order valence-corrected chi connectivity index (χ1v) is 7.26. The summed E-state index contributed by atoms with van der Waals surface area (Å²) in [5.41, 5.74) is 1.27. The van der Waals surface area contributed by atoms with E-state index in [1.807, 2.05) is 12.1 Å². The fourth-order valence-electron chi connectivity index (χ4n) is 2.68. The zero-order chi connectivity index (χ0) is 14.4. The lowest BCUT2D eigenvalue weighted by Gasteiger charge is -2.17. The van der Waals surface area contributed by atoms with Gasteiger partial charge in [-0.15, -0.1) is 0 Å². The number of nitrogens with zero attached hydrogens (tertiary/aromatic N) is 1. The molecule has 0 bridgehead atoms. The summed E-state index contributed by atoms with van der Waals surface area (Å²) in [4.78, 5) is 10.2. The second-order valence-electron chi connectivity index (χ2n) is 5.24. The topological polar surface area (TPSA) is 64.4 Å². The number of benzene rings is 1. The highest BCUT2D eigenvalue weighted by molar-refractivity contribution is 5.32. The molecule has 20 heavy (non-hydrogen) atoms. The molecule has 0 aliphatic carbocycles. The maximum atomic E-state index is 10.6. The zero-order valence-corrected chi connectivity index (χ0v) is 11.9. The number of hydrogen-bond acceptors (Lipinski definition) is 4. The maximum absolute atomic E-state index is 10.6. The van der Waals surface area contributed by atoms with Gasteiger partial charge in [-0.2, -0.15) is 0 Å². The number of nitro benzene ring substituents is 1. The molecular weight excluding hydrogens is 256 g/mol. The van der Waals surface area contributed by atoms with Gasteiger partial charge in [0.25, 0.3) is 5.69 Å². The SMILES string of the molecule is CCC1OCCC1CNCCc1ccc([N+](=O)[O-])cc1. The van der Waals surface area contributed by atoms with Crippen molar-refractivity contribution in [2.24, 2.45) is 5.92 Å². The Bertz CT molecular complexity index is 433. The summed E-state index contributed by atoms with van der Waals surface area (Å²) in [7, 11) is 0. The molecule has 0 spiro atoms. The quantitative estimate of drug-likeness (QED) is 0.473. The van der Waals surface area contributed by atoms with Crippen LogP contribution in [0.3, 0.4) is 0 Å². The minimum atomic E-state index is -0.368. The average molecular weight is 278 g/mol. The van der Waals surface area contributed by atoms with E-state index in [0.717, 1.165) is 44.5 Å². The van der Waals surface area contributed by atoms with Crippen LogP contribution >= 0.6 is 0 Å². The first-order valence-electron chi connectivity index (χ1n) is 7.26. The zero-order valence-electron chi connectivity index (χ0n) is 11.9. The largest absolute Gasteiger partial charge is 0.378 e. The summed E-state index contributed by atoms with van der Waals surface area (Å²) in [5.74, 6) is 0.622. The third kappa shape index (κ3) is 4.02. The van der Waals surface area contributed by atoms with E-state index in [2.05, 4.69) is 12.2 Å². The van der Waals surface area contributed by atoms with Gasteiger partial charge in [0.05, 0.1) is 11.0 Å². The van der Waals surface area contributed by atoms with Crippen LogP contribution in [-0.2, 0) is 11.2 Å². The third-order valence-electron chi connectivity index (χ3n) is 3.89. The van der Waals surface area contributed by atoms with Gasteiger partial charge in [0.15, 0.2) is 0 Å². The van der Waals surface area contributed by atoms with Crippen molar-refractivity contribution in [3.05, 3.63) is 39.9 Å². The standard InChI is InChI=1S/C15H22N2O3/c1-2-15-13(8-10-20-15)11-16-9-7-12-3-5-14(6-4-12)17(18)19/h3-6,13,15-16H,2,7-11H2,1H3. The normalized spacial score (nSPS) is 22.1. The van der Waals surface area contributed by atoms with E-state index in [4.69, 9.17) is 4.74 Å². The summed E-state index contributed by atoms with van der Waals surface area (Å²) in [6.45, 7) is 4.93. The lowest BCUT2D eigenvalue weighted by atomic mass is 9.99. The van der Waals surface area contributed by atoms with Gasteiger partial charge >= 0.3 is 0 Å². The van der Waals surface area contributed by atoms with Crippen molar-refractivity contribution in [2.45, 2.75) is 32.3 Å². The van der Waals surface area contributed by atoms with Crippen LogP contribution in [0.5, 0.6) is 0 Å². The summed E-state index contributed by atoms with van der Waals surface area (Å²) in [6.07, 6.45) is 3.52. The van der Waals surface area contributed by atoms with Gasteiger partial charge in [-0.05, 0) is 37.3 Å². The Labute approximate surface area is 119 Å². The van der Waals surface area contributed by atoms with Crippen LogP contribution in [0, 0.1) is 16.0 Å². The monoisotopic (exact) mass is 278 g/mol. The molecule has 1 aliphatic heterocycles. The van der Waals surface area contributed by atoms with Gasteiger partial charge < -0.3 is 10.1 Å². The van der Waals surface area contributed by atoms with Crippen LogP contribution in [0.1, 0.15) is 25.3 Å². The van der Waals surface area contributed by atoms with Crippen LogP contribution < -0.4 is 5.32 Å². The molecule has 5 nitrogen and oxygen atoms in total. The maximum Gasteiger partial charge on any atom is 0.269 e. The van der Waals surface area contributed by atoms with Gasteiger partial charge in [-0.3, -0.25) is 10.1 Å². The second-order valence-corrected chi connectivity index (χ2v) is 5.24. The Morgan fingerprint density at radius 2 is 2.15 bits per heavy atom.